The number of hydrogen-bond acceptors (Lipinski definition) is 9. The molecule has 1 aliphatic rings. The van der Waals surface area contributed by atoms with Gasteiger partial charge in [0.05, 0.1) is 42.4 Å². The molecule has 5 rings (SSSR count). The molecule has 0 fully saturated rings. The number of hydrogen-bond donors (Lipinski definition) is 0. The number of fused-ring (bicyclic) bond motifs is 4. The Labute approximate surface area is 247 Å². The van der Waals surface area contributed by atoms with E-state index in [1.54, 1.807) is 12.1 Å². The van der Waals surface area contributed by atoms with E-state index < -0.39 is 31.7 Å². The number of oxazole rings is 1. The maximum atomic E-state index is 11.3. The largest absolute Gasteiger partial charge is 0.748 e. The first kappa shape index (κ1) is 29.6. The first-order valence-corrected chi connectivity index (χ1v) is 17.1. The summed E-state index contributed by atoms with van der Waals surface area (Å²) in [6, 6.07) is 17.1. The number of halogens is 1. The monoisotopic (exact) mass is 633 g/mol. The molecule has 0 amide bonds. The predicted octanol–water partition coefficient (Wildman–Crippen LogP) is 5.25. The second-order valence-electron chi connectivity index (χ2n) is 9.69. The molecule has 1 aromatic heterocycles. The van der Waals surface area contributed by atoms with Crippen molar-refractivity contribution >= 4 is 77.2 Å². The van der Waals surface area contributed by atoms with E-state index in [0.29, 0.717) is 23.0 Å². The number of allylic oxidation sites excluding steroid dienone is 2. The first-order valence-electron chi connectivity index (χ1n) is 12.7. The Morgan fingerprint density at radius 1 is 1.02 bits per heavy atom. The molecule has 0 spiro atoms. The minimum absolute atomic E-state index is 0.123. The number of aryl methyl sites for hydroxylation is 1. The second kappa shape index (κ2) is 11.8. The lowest BCUT2D eigenvalue weighted by Gasteiger charge is -2.21. The van der Waals surface area contributed by atoms with Gasteiger partial charge in [-0.1, -0.05) is 47.6 Å². The number of nitrogens with zero attached hydrogens (tertiary/aromatic N) is 2. The lowest BCUT2D eigenvalue weighted by Crippen LogP contribution is -2.36. The van der Waals surface area contributed by atoms with Crippen molar-refractivity contribution in [3.8, 4) is 0 Å². The second-order valence-corrected chi connectivity index (χ2v) is 14.2. The molecule has 0 aliphatic carbocycles. The van der Waals surface area contributed by atoms with Crippen LogP contribution in [0.5, 0.6) is 0 Å². The van der Waals surface area contributed by atoms with E-state index in [-0.39, 0.29) is 19.4 Å². The summed E-state index contributed by atoms with van der Waals surface area (Å²) >= 11 is 7.74. The molecule has 0 bridgehead atoms. The predicted molar refractivity (Wildman–Crippen MR) is 159 cm³/mol. The molecule has 0 unspecified atom stereocenters. The fourth-order valence-corrected chi connectivity index (χ4v) is 7.16. The Kier molecular flexibility index (Phi) is 8.51. The summed E-state index contributed by atoms with van der Waals surface area (Å²) in [6.07, 6.45) is 4.04. The van der Waals surface area contributed by atoms with Crippen LogP contribution in [-0.4, -0.2) is 44.0 Å². The van der Waals surface area contributed by atoms with Crippen molar-refractivity contribution in [1.29, 1.82) is 0 Å². The molecule has 216 valence electrons. The van der Waals surface area contributed by atoms with Gasteiger partial charge in [0.25, 0.3) is 5.52 Å². The summed E-state index contributed by atoms with van der Waals surface area (Å²) in [5.74, 6) is -0.477. The molecule has 2 heterocycles. The Bertz CT molecular complexity index is 1920. The zero-order valence-electron chi connectivity index (χ0n) is 21.9. The zero-order chi connectivity index (χ0) is 29.4. The Morgan fingerprint density at radius 3 is 2.51 bits per heavy atom. The summed E-state index contributed by atoms with van der Waals surface area (Å²) in [4.78, 5) is 2.88. The van der Waals surface area contributed by atoms with Crippen LogP contribution in [0.15, 0.2) is 80.6 Å². The van der Waals surface area contributed by atoms with Gasteiger partial charge in [0.2, 0.25) is 5.58 Å². The van der Waals surface area contributed by atoms with E-state index in [1.165, 1.54) is 11.8 Å². The highest BCUT2D eigenvalue weighted by Gasteiger charge is 2.27. The summed E-state index contributed by atoms with van der Waals surface area (Å²) in [7, 11) is -8.72. The van der Waals surface area contributed by atoms with Crippen LogP contribution in [0.25, 0.3) is 27.9 Å². The smallest absolute Gasteiger partial charge is 0.374 e. The molecule has 4 aromatic rings. The van der Waals surface area contributed by atoms with Crippen LogP contribution >= 0.6 is 23.4 Å². The summed E-state index contributed by atoms with van der Waals surface area (Å²) in [5, 5.41) is 3.29. The van der Waals surface area contributed by atoms with Gasteiger partial charge in [-0.15, -0.1) is 0 Å². The van der Waals surface area contributed by atoms with Crippen molar-refractivity contribution < 1.29 is 34.9 Å². The van der Waals surface area contributed by atoms with Crippen LogP contribution in [0.1, 0.15) is 25.7 Å². The quantitative estimate of drug-likeness (QED) is 0.169. The topological polar surface area (TPSA) is 135 Å². The lowest BCUT2D eigenvalue weighted by molar-refractivity contribution is -0.677. The van der Waals surface area contributed by atoms with Gasteiger partial charge in [0.15, 0.2) is 6.54 Å². The third-order valence-corrected chi connectivity index (χ3v) is 9.49. The lowest BCUT2D eigenvalue weighted by atomic mass is 10.1. The fraction of sp³-hybridized carbons (Fsp3) is 0.250. The molecule has 0 radical (unpaired) electrons. The van der Waals surface area contributed by atoms with E-state index in [1.807, 2.05) is 71.0 Å². The molecular weight excluding hydrogens is 608 g/mol. The maximum absolute atomic E-state index is 11.3. The van der Waals surface area contributed by atoms with E-state index in [4.69, 9.17) is 16.0 Å². The van der Waals surface area contributed by atoms with Gasteiger partial charge < -0.3 is 18.4 Å². The third kappa shape index (κ3) is 7.14. The average Bonchev–Trinajstić information content (AvgIpc) is 3.40. The van der Waals surface area contributed by atoms with Crippen LogP contribution in [0, 0.1) is 0 Å². The van der Waals surface area contributed by atoms with Crippen LogP contribution in [0.3, 0.4) is 0 Å². The molecular formula is C28H26ClN2O7S3-. The number of thioether (sulfide) groups is 1. The highest BCUT2D eigenvalue weighted by atomic mass is 35.5. The van der Waals surface area contributed by atoms with E-state index in [9.17, 15) is 25.9 Å². The molecule has 3 aromatic carbocycles. The first-order chi connectivity index (χ1) is 19.4. The molecule has 41 heavy (non-hydrogen) atoms. The summed E-state index contributed by atoms with van der Waals surface area (Å²) in [6.45, 7) is 2.45. The van der Waals surface area contributed by atoms with Gasteiger partial charge in [0, 0.05) is 34.4 Å². The molecule has 0 atom stereocenters. The van der Waals surface area contributed by atoms with E-state index >= 15 is 0 Å². The highest BCUT2D eigenvalue weighted by Crippen LogP contribution is 2.47. The van der Waals surface area contributed by atoms with Gasteiger partial charge in [-0.05, 0) is 60.7 Å². The van der Waals surface area contributed by atoms with Crippen molar-refractivity contribution in [3.63, 3.8) is 0 Å². The zero-order valence-corrected chi connectivity index (χ0v) is 25.2. The molecule has 0 N–H and O–H groups in total. The fourth-order valence-electron chi connectivity index (χ4n) is 4.85. The van der Waals surface area contributed by atoms with Crippen LogP contribution < -0.4 is 9.47 Å². The van der Waals surface area contributed by atoms with Crippen molar-refractivity contribution in [1.82, 2.24) is 0 Å². The van der Waals surface area contributed by atoms with Crippen LogP contribution in [-0.2, 0) is 26.8 Å². The van der Waals surface area contributed by atoms with Crippen molar-refractivity contribution in [2.75, 3.05) is 23.0 Å². The highest BCUT2D eigenvalue weighted by molar-refractivity contribution is 8.03. The van der Waals surface area contributed by atoms with Crippen molar-refractivity contribution in [2.45, 2.75) is 31.2 Å². The Hall–Kier alpha value is -2.87. The van der Waals surface area contributed by atoms with Crippen molar-refractivity contribution in [3.05, 3.63) is 82.2 Å². The third-order valence-electron chi connectivity index (χ3n) is 6.56. The minimum Gasteiger partial charge on any atom is -0.748 e. The van der Waals surface area contributed by atoms with Gasteiger partial charge in [-0.2, -0.15) is 4.57 Å². The number of benzene rings is 3. The van der Waals surface area contributed by atoms with E-state index in [0.717, 1.165) is 37.5 Å². The number of rotatable bonds is 10. The average molecular weight is 634 g/mol. The SMILES string of the molecule is CC(/C=C1\Sc2ccc(Cl)cc2N1CCCS(=O)(=O)[O-])=C\c1oc2ccc3ccccc3c2[n+]1CCCS(=O)(=O)[O-]. The molecule has 1 aliphatic heterocycles. The molecule has 13 heteroatoms. The number of aromatic nitrogens is 1. The van der Waals surface area contributed by atoms with E-state index in [2.05, 4.69) is 0 Å². The maximum Gasteiger partial charge on any atom is 0.374 e. The van der Waals surface area contributed by atoms with Gasteiger partial charge in [-0.25, -0.2) is 16.8 Å². The molecule has 0 saturated carbocycles. The van der Waals surface area contributed by atoms with Crippen LogP contribution in [0.4, 0.5) is 5.69 Å². The Balaban J connectivity index is 1.53. The Morgan fingerprint density at radius 2 is 1.76 bits per heavy atom. The minimum atomic E-state index is -4.37. The number of anilines is 1. The van der Waals surface area contributed by atoms with Crippen molar-refractivity contribution in [2.24, 2.45) is 0 Å². The normalized spacial score (nSPS) is 15.4. The van der Waals surface area contributed by atoms with Crippen LogP contribution in [0.2, 0.25) is 5.02 Å². The standard InChI is InChI=1S/C28H27ClN2O7S3/c1-19(17-27-30(12-4-14-40(32,33)34)23-18-21(29)9-11-25(23)39-27)16-26-31(13-5-15-41(35,36)37)28-22-7-3-2-6-20(22)8-10-24(28)38-26/h2-3,6-11,16-18H,4-5,12-15H2,1H3,(H-,32,33,34,35,36,37)/p-1. The molecule has 0 saturated heterocycles. The molecule has 9 nitrogen and oxygen atoms in total. The van der Waals surface area contributed by atoms with Gasteiger partial charge >= 0.3 is 5.89 Å². The summed E-state index contributed by atoms with van der Waals surface area (Å²) < 4.78 is 75.6. The van der Waals surface area contributed by atoms with Gasteiger partial charge in [-0.3, -0.25) is 0 Å². The van der Waals surface area contributed by atoms with Gasteiger partial charge in [0.1, 0.15) is 0 Å². The summed E-state index contributed by atoms with van der Waals surface area (Å²) in [5.41, 5.74) is 3.06.